The summed E-state index contributed by atoms with van der Waals surface area (Å²) >= 11 is 3.33. The molecular formula is C12H16BrNO2. The molecule has 0 fully saturated rings. The molecule has 0 aliphatic rings. The third-order valence-corrected chi connectivity index (χ3v) is 2.92. The molecule has 16 heavy (non-hydrogen) atoms. The van der Waals surface area contributed by atoms with Crippen molar-refractivity contribution in [2.75, 3.05) is 11.9 Å². The molecule has 1 atom stereocenters. The van der Waals surface area contributed by atoms with Gasteiger partial charge in [0, 0.05) is 10.2 Å². The molecule has 0 aromatic heterocycles. The SMILES string of the molecule is CC(C)C(CO)C(=O)Nc1cccc(Br)c1. The molecular weight excluding hydrogens is 270 g/mol. The largest absolute Gasteiger partial charge is 0.396 e. The fourth-order valence-corrected chi connectivity index (χ4v) is 1.80. The van der Waals surface area contributed by atoms with Crippen LogP contribution in [0, 0.1) is 11.8 Å². The van der Waals surface area contributed by atoms with Crippen molar-refractivity contribution in [2.45, 2.75) is 13.8 Å². The Kier molecular flexibility index (Phi) is 4.96. The molecule has 0 bridgehead atoms. The predicted molar refractivity (Wildman–Crippen MR) is 68.2 cm³/mol. The van der Waals surface area contributed by atoms with Crippen LogP contribution in [0.25, 0.3) is 0 Å². The molecule has 88 valence electrons. The molecule has 0 aliphatic heterocycles. The molecule has 1 amide bonds. The molecule has 2 N–H and O–H groups in total. The van der Waals surface area contributed by atoms with E-state index in [2.05, 4.69) is 21.2 Å². The average molecular weight is 286 g/mol. The van der Waals surface area contributed by atoms with Crippen molar-refractivity contribution in [3.8, 4) is 0 Å². The molecule has 0 aliphatic carbocycles. The highest BCUT2D eigenvalue weighted by Gasteiger charge is 2.21. The molecule has 0 saturated heterocycles. The van der Waals surface area contributed by atoms with Crippen molar-refractivity contribution in [1.29, 1.82) is 0 Å². The number of carbonyl (C=O) groups excluding carboxylic acids is 1. The van der Waals surface area contributed by atoms with Crippen LogP contribution in [0.4, 0.5) is 5.69 Å². The minimum atomic E-state index is -0.362. The van der Waals surface area contributed by atoms with Gasteiger partial charge in [0.25, 0.3) is 0 Å². The number of aliphatic hydroxyl groups is 1. The summed E-state index contributed by atoms with van der Waals surface area (Å²) in [6.45, 7) is 3.71. The standard InChI is InChI=1S/C12H16BrNO2/c1-8(2)11(7-15)12(16)14-10-5-3-4-9(13)6-10/h3-6,8,11,15H,7H2,1-2H3,(H,14,16). The van der Waals surface area contributed by atoms with Gasteiger partial charge in [0.2, 0.25) is 5.91 Å². The second kappa shape index (κ2) is 6.01. The van der Waals surface area contributed by atoms with E-state index < -0.39 is 0 Å². The van der Waals surface area contributed by atoms with Crippen molar-refractivity contribution in [3.63, 3.8) is 0 Å². The zero-order valence-electron chi connectivity index (χ0n) is 9.40. The Labute approximate surface area is 104 Å². The van der Waals surface area contributed by atoms with Crippen molar-refractivity contribution in [1.82, 2.24) is 0 Å². The monoisotopic (exact) mass is 285 g/mol. The fraction of sp³-hybridized carbons (Fsp3) is 0.417. The van der Waals surface area contributed by atoms with Gasteiger partial charge in [-0.1, -0.05) is 35.8 Å². The van der Waals surface area contributed by atoms with E-state index in [0.29, 0.717) is 0 Å². The number of rotatable bonds is 4. The Balaban J connectivity index is 2.70. The first-order valence-electron chi connectivity index (χ1n) is 5.22. The number of amides is 1. The molecule has 3 nitrogen and oxygen atoms in total. The lowest BCUT2D eigenvalue weighted by Crippen LogP contribution is -2.29. The van der Waals surface area contributed by atoms with Gasteiger partial charge in [-0.3, -0.25) is 4.79 Å². The normalized spacial score (nSPS) is 12.6. The molecule has 0 saturated carbocycles. The highest BCUT2D eigenvalue weighted by molar-refractivity contribution is 9.10. The maximum Gasteiger partial charge on any atom is 0.230 e. The quantitative estimate of drug-likeness (QED) is 0.894. The topological polar surface area (TPSA) is 49.3 Å². The lowest BCUT2D eigenvalue weighted by molar-refractivity contribution is -0.122. The Bertz CT molecular complexity index is 366. The van der Waals surface area contributed by atoms with Crippen molar-refractivity contribution < 1.29 is 9.90 Å². The van der Waals surface area contributed by atoms with Gasteiger partial charge in [-0.15, -0.1) is 0 Å². The number of hydrogen-bond donors (Lipinski definition) is 2. The first-order valence-corrected chi connectivity index (χ1v) is 6.01. The summed E-state index contributed by atoms with van der Waals surface area (Å²) in [7, 11) is 0. The van der Waals surface area contributed by atoms with E-state index in [4.69, 9.17) is 5.11 Å². The highest BCUT2D eigenvalue weighted by atomic mass is 79.9. The molecule has 1 unspecified atom stereocenters. The Morgan fingerprint density at radius 3 is 2.69 bits per heavy atom. The second-order valence-electron chi connectivity index (χ2n) is 4.03. The average Bonchev–Trinajstić information content (AvgIpc) is 2.17. The van der Waals surface area contributed by atoms with E-state index in [1.165, 1.54) is 0 Å². The van der Waals surface area contributed by atoms with Crippen LogP contribution in [0.3, 0.4) is 0 Å². The molecule has 1 aromatic rings. The van der Waals surface area contributed by atoms with Gasteiger partial charge in [0.05, 0.1) is 12.5 Å². The van der Waals surface area contributed by atoms with Crippen LogP contribution < -0.4 is 5.32 Å². The molecule has 4 heteroatoms. The third-order valence-electron chi connectivity index (χ3n) is 2.43. The van der Waals surface area contributed by atoms with E-state index >= 15 is 0 Å². The minimum absolute atomic E-state index is 0.122. The van der Waals surface area contributed by atoms with Crippen molar-refractivity contribution in [2.24, 2.45) is 11.8 Å². The van der Waals surface area contributed by atoms with Gasteiger partial charge in [-0.05, 0) is 24.1 Å². The zero-order valence-corrected chi connectivity index (χ0v) is 11.0. The zero-order chi connectivity index (χ0) is 12.1. The number of nitrogens with one attached hydrogen (secondary N) is 1. The first kappa shape index (κ1) is 13.2. The van der Waals surface area contributed by atoms with Crippen LogP contribution in [0.2, 0.25) is 0 Å². The summed E-state index contributed by atoms with van der Waals surface area (Å²) in [6.07, 6.45) is 0. The Hall–Kier alpha value is -0.870. The summed E-state index contributed by atoms with van der Waals surface area (Å²) in [5, 5.41) is 11.9. The summed E-state index contributed by atoms with van der Waals surface area (Å²) in [6, 6.07) is 7.38. The molecule has 0 heterocycles. The van der Waals surface area contributed by atoms with Crippen molar-refractivity contribution >= 4 is 27.5 Å². The molecule has 0 spiro atoms. The van der Waals surface area contributed by atoms with E-state index in [1.54, 1.807) is 0 Å². The van der Waals surface area contributed by atoms with E-state index in [0.717, 1.165) is 10.2 Å². The summed E-state index contributed by atoms with van der Waals surface area (Å²) in [5.41, 5.74) is 0.735. The van der Waals surface area contributed by atoms with Gasteiger partial charge in [-0.2, -0.15) is 0 Å². The highest BCUT2D eigenvalue weighted by Crippen LogP contribution is 2.18. The van der Waals surface area contributed by atoms with Crippen LogP contribution >= 0.6 is 15.9 Å². The van der Waals surface area contributed by atoms with Gasteiger partial charge in [-0.25, -0.2) is 0 Å². The minimum Gasteiger partial charge on any atom is -0.396 e. The smallest absolute Gasteiger partial charge is 0.230 e. The number of carbonyl (C=O) groups is 1. The number of hydrogen-bond acceptors (Lipinski definition) is 2. The first-order chi connectivity index (χ1) is 7.54. The predicted octanol–water partition coefficient (Wildman–Crippen LogP) is 2.65. The number of aliphatic hydroxyl groups excluding tert-OH is 1. The maximum atomic E-state index is 11.8. The number of anilines is 1. The second-order valence-corrected chi connectivity index (χ2v) is 4.95. The fourth-order valence-electron chi connectivity index (χ4n) is 1.40. The van der Waals surface area contributed by atoms with Gasteiger partial charge in [0.15, 0.2) is 0 Å². The van der Waals surface area contributed by atoms with Gasteiger partial charge in [0.1, 0.15) is 0 Å². The summed E-state index contributed by atoms with van der Waals surface area (Å²) < 4.78 is 0.912. The van der Waals surface area contributed by atoms with Crippen LogP contribution in [-0.4, -0.2) is 17.6 Å². The van der Waals surface area contributed by atoms with E-state index in [-0.39, 0.29) is 24.3 Å². The number of benzene rings is 1. The van der Waals surface area contributed by atoms with Crippen LogP contribution in [0.15, 0.2) is 28.7 Å². The summed E-state index contributed by atoms with van der Waals surface area (Å²) in [4.78, 5) is 11.8. The van der Waals surface area contributed by atoms with Crippen LogP contribution in [0.5, 0.6) is 0 Å². The van der Waals surface area contributed by atoms with E-state index in [9.17, 15) is 4.79 Å². The maximum absolute atomic E-state index is 11.8. The molecule has 0 radical (unpaired) electrons. The van der Waals surface area contributed by atoms with E-state index in [1.807, 2.05) is 38.1 Å². The van der Waals surface area contributed by atoms with Crippen LogP contribution in [0.1, 0.15) is 13.8 Å². The molecule has 1 rings (SSSR count). The lowest BCUT2D eigenvalue weighted by atomic mass is 9.96. The summed E-state index contributed by atoms with van der Waals surface area (Å²) in [5.74, 6) is -0.383. The Morgan fingerprint density at radius 2 is 2.19 bits per heavy atom. The molecule has 1 aromatic carbocycles. The van der Waals surface area contributed by atoms with Crippen molar-refractivity contribution in [3.05, 3.63) is 28.7 Å². The van der Waals surface area contributed by atoms with Gasteiger partial charge >= 0.3 is 0 Å². The Morgan fingerprint density at radius 1 is 1.50 bits per heavy atom. The number of halogens is 1. The van der Waals surface area contributed by atoms with Crippen LogP contribution in [-0.2, 0) is 4.79 Å². The third kappa shape index (κ3) is 3.61. The van der Waals surface area contributed by atoms with Gasteiger partial charge < -0.3 is 10.4 Å². The lowest BCUT2D eigenvalue weighted by Gasteiger charge is -2.17.